The fourth-order valence-electron chi connectivity index (χ4n) is 1.55. The summed E-state index contributed by atoms with van der Waals surface area (Å²) in [5.74, 6) is -0.557. The van der Waals surface area contributed by atoms with Crippen LogP contribution in [0.5, 0.6) is 0 Å². The number of hydrazone groups is 1. The van der Waals surface area contributed by atoms with Gasteiger partial charge in [0.1, 0.15) is 4.92 Å². The lowest BCUT2D eigenvalue weighted by Crippen LogP contribution is -2.18. The summed E-state index contributed by atoms with van der Waals surface area (Å²) in [5, 5.41) is 14.1. The van der Waals surface area contributed by atoms with Gasteiger partial charge in [-0.2, -0.15) is 5.10 Å². The Morgan fingerprint density at radius 2 is 2.10 bits per heavy atom. The van der Waals surface area contributed by atoms with Gasteiger partial charge in [0.05, 0.1) is 12.3 Å². The molecule has 0 fully saturated rings. The molecule has 1 heterocycles. The van der Waals surface area contributed by atoms with Crippen LogP contribution in [0, 0.1) is 17.0 Å². The summed E-state index contributed by atoms with van der Waals surface area (Å²) >= 11 is 0. The van der Waals surface area contributed by atoms with Crippen molar-refractivity contribution in [2.24, 2.45) is 5.10 Å². The maximum absolute atomic E-state index is 11.8. The zero-order valence-corrected chi connectivity index (χ0v) is 10.6. The predicted molar refractivity (Wildman–Crippen MR) is 71.6 cm³/mol. The highest BCUT2D eigenvalue weighted by molar-refractivity contribution is 5.96. The van der Waals surface area contributed by atoms with Gasteiger partial charge in [-0.1, -0.05) is 18.2 Å². The number of furan rings is 1. The molecule has 7 nitrogen and oxygen atoms in total. The fourth-order valence-corrected chi connectivity index (χ4v) is 1.55. The van der Waals surface area contributed by atoms with E-state index in [0.29, 0.717) is 5.56 Å². The Labute approximate surface area is 114 Å². The van der Waals surface area contributed by atoms with Crippen LogP contribution in [0.1, 0.15) is 21.7 Å². The number of hydrogen-bond donors (Lipinski definition) is 1. The first-order chi connectivity index (χ1) is 9.58. The molecule has 0 aliphatic carbocycles. The minimum absolute atomic E-state index is 0.182. The van der Waals surface area contributed by atoms with Crippen molar-refractivity contribution in [3.63, 3.8) is 0 Å². The molecule has 0 spiro atoms. The van der Waals surface area contributed by atoms with Crippen LogP contribution in [0.25, 0.3) is 0 Å². The number of amides is 1. The molecule has 7 heteroatoms. The van der Waals surface area contributed by atoms with Gasteiger partial charge in [-0.25, -0.2) is 5.43 Å². The third kappa shape index (κ3) is 3.08. The third-order valence-electron chi connectivity index (χ3n) is 2.54. The first-order valence-electron chi connectivity index (χ1n) is 5.71. The lowest BCUT2D eigenvalue weighted by Gasteiger charge is -2.02. The molecular weight excluding hydrogens is 262 g/mol. The Morgan fingerprint density at radius 1 is 1.35 bits per heavy atom. The highest BCUT2D eigenvalue weighted by atomic mass is 16.6. The van der Waals surface area contributed by atoms with Gasteiger partial charge < -0.3 is 4.42 Å². The molecule has 1 N–H and O–H groups in total. The summed E-state index contributed by atoms with van der Waals surface area (Å²) in [6.07, 6.45) is 1.20. The second-order valence-corrected chi connectivity index (χ2v) is 3.95. The molecule has 0 radical (unpaired) electrons. The molecule has 20 heavy (non-hydrogen) atoms. The minimum atomic E-state index is -0.650. The zero-order chi connectivity index (χ0) is 14.5. The van der Waals surface area contributed by atoms with E-state index in [4.69, 9.17) is 4.42 Å². The van der Waals surface area contributed by atoms with Crippen molar-refractivity contribution in [1.29, 1.82) is 0 Å². The number of aryl methyl sites for hydroxylation is 1. The van der Waals surface area contributed by atoms with Crippen molar-refractivity contribution in [1.82, 2.24) is 5.43 Å². The van der Waals surface area contributed by atoms with E-state index in [2.05, 4.69) is 10.5 Å². The Morgan fingerprint density at radius 3 is 2.75 bits per heavy atom. The lowest BCUT2D eigenvalue weighted by molar-refractivity contribution is -0.402. The largest absolute Gasteiger partial charge is 0.433 e. The van der Waals surface area contributed by atoms with E-state index in [9.17, 15) is 14.9 Å². The van der Waals surface area contributed by atoms with E-state index in [1.54, 1.807) is 12.1 Å². The number of nitrogens with one attached hydrogen (secondary N) is 1. The zero-order valence-electron chi connectivity index (χ0n) is 10.6. The van der Waals surface area contributed by atoms with Gasteiger partial charge in [0.25, 0.3) is 5.91 Å². The van der Waals surface area contributed by atoms with Gasteiger partial charge >= 0.3 is 5.88 Å². The molecule has 0 atom stereocenters. The molecule has 2 rings (SSSR count). The molecule has 0 bridgehead atoms. The second-order valence-electron chi connectivity index (χ2n) is 3.95. The van der Waals surface area contributed by atoms with Crippen molar-refractivity contribution in [3.05, 3.63) is 63.4 Å². The van der Waals surface area contributed by atoms with Crippen LogP contribution in [0.15, 0.2) is 45.9 Å². The van der Waals surface area contributed by atoms with Gasteiger partial charge in [0, 0.05) is 5.56 Å². The van der Waals surface area contributed by atoms with E-state index < -0.39 is 4.92 Å². The van der Waals surface area contributed by atoms with Crippen LogP contribution in [0.2, 0.25) is 0 Å². The van der Waals surface area contributed by atoms with Crippen molar-refractivity contribution in [2.75, 3.05) is 0 Å². The highest BCUT2D eigenvalue weighted by Crippen LogP contribution is 2.13. The van der Waals surface area contributed by atoms with Crippen molar-refractivity contribution in [2.45, 2.75) is 6.92 Å². The molecule has 0 aliphatic rings. The van der Waals surface area contributed by atoms with Crippen molar-refractivity contribution in [3.8, 4) is 0 Å². The van der Waals surface area contributed by atoms with Gasteiger partial charge in [0.2, 0.25) is 0 Å². The van der Waals surface area contributed by atoms with Gasteiger partial charge in [-0.3, -0.25) is 14.9 Å². The molecule has 102 valence electrons. The number of carbonyl (C=O) groups excluding carboxylic acids is 1. The summed E-state index contributed by atoms with van der Waals surface area (Å²) in [6, 6.07) is 9.68. The van der Waals surface area contributed by atoms with Crippen molar-refractivity contribution >= 4 is 18.0 Å². The molecule has 1 aromatic heterocycles. The SMILES string of the molecule is Cc1ccccc1C(=O)N/N=C\c1ccc([N+](=O)[O-])o1. The Bertz CT molecular complexity index is 676. The van der Waals surface area contributed by atoms with Crippen LogP contribution in [0.3, 0.4) is 0 Å². The maximum Gasteiger partial charge on any atom is 0.433 e. The molecule has 0 aliphatic heterocycles. The van der Waals surface area contributed by atoms with E-state index in [-0.39, 0.29) is 17.6 Å². The number of nitro groups is 1. The van der Waals surface area contributed by atoms with Gasteiger partial charge in [0.15, 0.2) is 5.76 Å². The quantitative estimate of drug-likeness (QED) is 0.524. The number of rotatable bonds is 4. The molecule has 0 unspecified atom stereocenters. The normalized spacial score (nSPS) is 10.7. The average molecular weight is 273 g/mol. The highest BCUT2D eigenvalue weighted by Gasteiger charge is 2.10. The van der Waals surface area contributed by atoms with Crippen LogP contribution in [-0.2, 0) is 0 Å². The smallest absolute Gasteiger partial charge is 0.400 e. The maximum atomic E-state index is 11.8. The summed E-state index contributed by atoms with van der Waals surface area (Å²) in [7, 11) is 0. The van der Waals surface area contributed by atoms with Crippen LogP contribution in [-0.4, -0.2) is 17.0 Å². The second kappa shape index (κ2) is 5.79. The molecular formula is C13H11N3O4. The summed E-state index contributed by atoms with van der Waals surface area (Å²) < 4.78 is 4.86. The fraction of sp³-hybridized carbons (Fsp3) is 0.0769. The van der Waals surface area contributed by atoms with E-state index in [1.807, 2.05) is 19.1 Å². The van der Waals surface area contributed by atoms with Crippen LogP contribution >= 0.6 is 0 Å². The number of nitrogens with zero attached hydrogens (tertiary/aromatic N) is 2. The average Bonchev–Trinajstić information content (AvgIpc) is 2.88. The number of carbonyl (C=O) groups is 1. The standard InChI is InChI=1S/C13H11N3O4/c1-9-4-2-3-5-11(9)13(17)15-14-8-10-6-7-12(20-10)16(18)19/h2-8H,1H3,(H,15,17)/b14-8-. The molecule has 2 aromatic rings. The summed E-state index contributed by atoms with van der Waals surface area (Å²) in [6.45, 7) is 1.81. The predicted octanol–water partition coefficient (Wildman–Crippen LogP) is 2.26. The molecule has 1 amide bonds. The first kappa shape index (κ1) is 13.5. The van der Waals surface area contributed by atoms with Gasteiger partial charge in [-0.05, 0) is 24.6 Å². The lowest BCUT2D eigenvalue weighted by atomic mass is 10.1. The third-order valence-corrected chi connectivity index (χ3v) is 2.54. The molecule has 1 aromatic carbocycles. The Balaban J connectivity index is 2.01. The van der Waals surface area contributed by atoms with E-state index in [0.717, 1.165) is 5.56 Å². The first-order valence-corrected chi connectivity index (χ1v) is 5.71. The van der Waals surface area contributed by atoms with E-state index >= 15 is 0 Å². The Hall–Kier alpha value is -2.96. The monoisotopic (exact) mass is 273 g/mol. The Kier molecular flexibility index (Phi) is 3.90. The minimum Gasteiger partial charge on any atom is -0.400 e. The van der Waals surface area contributed by atoms with Crippen LogP contribution in [0.4, 0.5) is 5.88 Å². The number of benzene rings is 1. The summed E-state index contributed by atoms with van der Waals surface area (Å²) in [4.78, 5) is 21.6. The van der Waals surface area contributed by atoms with Gasteiger partial charge in [-0.15, -0.1) is 0 Å². The van der Waals surface area contributed by atoms with Crippen LogP contribution < -0.4 is 5.43 Å². The van der Waals surface area contributed by atoms with E-state index in [1.165, 1.54) is 18.3 Å². The molecule has 0 saturated heterocycles. The molecule has 0 saturated carbocycles. The number of hydrogen-bond acceptors (Lipinski definition) is 5. The summed E-state index contributed by atoms with van der Waals surface area (Å²) in [5.41, 5.74) is 3.66. The van der Waals surface area contributed by atoms with Crippen molar-refractivity contribution < 1.29 is 14.1 Å². The topological polar surface area (TPSA) is 97.7 Å².